The van der Waals surface area contributed by atoms with Crippen molar-refractivity contribution in [3.05, 3.63) is 65.0 Å². The molecule has 4 rings (SSSR count). The molecule has 6 nitrogen and oxygen atoms in total. The molecule has 28 heavy (non-hydrogen) atoms. The number of hydrogen-bond acceptors (Lipinski definition) is 6. The molecule has 1 aromatic heterocycles. The molecule has 2 aromatic carbocycles. The summed E-state index contributed by atoms with van der Waals surface area (Å²) in [5.74, 6) is 1.21. The monoisotopic (exact) mass is 396 g/mol. The summed E-state index contributed by atoms with van der Waals surface area (Å²) in [5, 5.41) is 4.58. The third kappa shape index (κ3) is 4.32. The molecule has 0 spiro atoms. The summed E-state index contributed by atoms with van der Waals surface area (Å²) in [7, 11) is 1.64. The molecule has 0 aliphatic carbocycles. The van der Waals surface area contributed by atoms with Gasteiger partial charge in [-0.05, 0) is 29.9 Å². The Labute approximate surface area is 169 Å². The van der Waals surface area contributed by atoms with Gasteiger partial charge in [0.1, 0.15) is 5.75 Å². The van der Waals surface area contributed by atoms with Gasteiger partial charge in [-0.15, -0.1) is 5.10 Å². The Morgan fingerprint density at radius 2 is 1.64 bits per heavy atom. The average Bonchev–Trinajstić information content (AvgIpc) is 3.10. The number of aromatic nitrogens is 2. The smallest absolute Gasteiger partial charge is 0.288 e. The molecule has 1 saturated heterocycles. The van der Waals surface area contributed by atoms with Crippen LogP contribution in [0.1, 0.15) is 5.56 Å². The molecule has 0 saturated carbocycles. The van der Waals surface area contributed by atoms with Crippen LogP contribution in [0.2, 0.25) is 0 Å². The minimum absolute atomic E-state index is 0.382. The van der Waals surface area contributed by atoms with E-state index in [0.29, 0.717) is 17.4 Å². The van der Waals surface area contributed by atoms with E-state index in [-0.39, 0.29) is 0 Å². The second kappa shape index (κ2) is 8.68. The molecule has 7 heteroatoms. The van der Waals surface area contributed by atoms with Gasteiger partial charge in [-0.2, -0.15) is 0 Å². The van der Waals surface area contributed by atoms with Gasteiger partial charge in [-0.1, -0.05) is 42.5 Å². The molecule has 0 radical (unpaired) electrons. The lowest BCUT2D eigenvalue weighted by Gasteiger charge is -2.34. The van der Waals surface area contributed by atoms with Crippen molar-refractivity contribution in [2.45, 2.75) is 13.2 Å². The fraction of sp³-hybridized carbons (Fsp3) is 0.333. The third-order valence-corrected chi connectivity index (χ3v) is 5.29. The van der Waals surface area contributed by atoms with Crippen LogP contribution in [0, 0.1) is 4.84 Å². The van der Waals surface area contributed by atoms with Crippen molar-refractivity contribution in [3.8, 4) is 17.2 Å². The van der Waals surface area contributed by atoms with Crippen LogP contribution < -0.4 is 4.74 Å². The van der Waals surface area contributed by atoms with Crippen molar-refractivity contribution in [2.24, 2.45) is 0 Å². The average molecular weight is 397 g/mol. The van der Waals surface area contributed by atoms with Crippen LogP contribution in [-0.4, -0.2) is 52.9 Å². The first-order valence-corrected chi connectivity index (χ1v) is 9.84. The normalized spacial score (nSPS) is 15.6. The molecule has 0 atom stereocenters. The summed E-state index contributed by atoms with van der Waals surface area (Å²) in [6, 6.07) is 18.3. The fourth-order valence-corrected chi connectivity index (χ4v) is 3.62. The van der Waals surface area contributed by atoms with Crippen molar-refractivity contribution in [2.75, 3.05) is 33.3 Å². The zero-order valence-electron chi connectivity index (χ0n) is 16.0. The Kier molecular flexibility index (Phi) is 5.85. The number of piperazine rings is 1. The highest BCUT2D eigenvalue weighted by molar-refractivity contribution is 7.71. The molecule has 0 bridgehead atoms. The molecular weight excluding hydrogens is 372 g/mol. The largest absolute Gasteiger partial charge is 0.496 e. The fourth-order valence-electron chi connectivity index (χ4n) is 3.45. The number of ether oxygens (including phenoxy) is 1. The van der Waals surface area contributed by atoms with Crippen LogP contribution >= 0.6 is 12.2 Å². The molecule has 1 aliphatic heterocycles. The Hall–Kier alpha value is -2.48. The van der Waals surface area contributed by atoms with Crippen LogP contribution in [0.5, 0.6) is 5.75 Å². The van der Waals surface area contributed by atoms with Crippen LogP contribution in [0.3, 0.4) is 0 Å². The number of methoxy groups -OCH3 is 1. The highest BCUT2D eigenvalue weighted by atomic mass is 32.1. The van der Waals surface area contributed by atoms with E-state index in [4.69, 9.17) is 21.4 Å². The van der Waals surface area contributed by atoms with Gasteiger partial charge >= 0.3 is 0 Å². The number of nitrogens with zero attached hydrogens (tertiary/aromatic N) is 4. The van der Waals surface area contributed by atoms with Gasteiger partial charge in [-0.25, -0.2) is 4.68 Å². The molecule has 3 aromatic rings. The SMILES string of the molecule is COc1ccccc1-c1nn(CN2CCN(Cc3ccccc3)CC2)c(=S)o1. The lowest BCUT2D eigenvalue weighted by atomic mass is 10.2. The Bertz CT molecular complexity index is 962. The first-order valence-electron chi connectivity index (χ1n) is 9.43. The molecule has 1 aliphatic rings. The van der Waals surface area contributed by atoms with Gasteiger partial charge in [0.2, 0.25) is 0 Å². The maximum absolute atomic E-state index is 5.73. The summed E-state index contributed by atoms with van der Waals surface area (Å²) >= 11 is 5.39. The van der Waals surface area contributed by atoms with Gasteiger partial charge in [0.25, 0.3) is 10.7 Å². The third-order valence-electron chi connectivity index (χ3n) is 4.99. The lowest BCUT2D eigenvalue weighted by Crippen LogP contribution is -2.46. The van der Waals surface area contributed by atoms with E-state index in [1.54, 1.807) is 11.8 Å². The highest BCUT2D eigenvalue weighted by Gasteiger charge is 2.19. The minimum atomic E-state index is 0.382. The van der Waals surface area contributed by atoms with E-state index in [0.717, 1.165) is 44.0 Å². The summed E-state index contributed by atoms with van der Waals surface area (Å²) < 4.78 is 12.9. The van der Waals surface area contributed by atoms with E-state index in [1.807, 2.05) is 24.3 Å². The van der Waals surface area contributed by atoms with Crippen molar-refractivity contribution in [3.63, 3.8) is 0 Å². The molecule has 0 amide bonds. The summed E-state index contributed by atoms with van der Waals surface area (Å²) in [6.07, 6.45) is 0. The summed E-state index contributed by atoms with van der Waals surface area (Å²) in [5.41, 5.74) is 2.17. The zero-order valence-corrected chi connectivity index (χ0v) is 16.8. The standard InChI is InChI=1S/C21H24N4O2S/c1-26-19-10-6-5-9-18(19)20-22-25(21(28)27-20)16-24-13-11-23(12-14-24)15-17-7-3-2-4-8-17/h2-10H,11-16H2,1H3. The van der Waals surface area contributed by atoms with Crippen molar-refractivity contribution in [1.29, 1.82) is 0 Å². The first-order chi connectivity index (χ1) is 13.7. The Morgan fingerprint density at radius 1 is 0.964 bits per heavy atom. The van der Waals surface area contributed by atoms with E-state index in [1.165, 1.54) is 5.56 Å². The Morgan fingerprint density at radius 3 is 2.39 bits per heavy atom. The topological polar surface area (TPSA) is 46.7 Å². The predicted octanol–water partition coefficient (Wildman–Crippen LogP) is 3.66. The molecular formula is C21H24N4O2S. The number of rotatable bonds is 6. The lowest BCUT2D eigenvalue weighted by molar-refractivity contribution is 0.0974. The van der Waals surface area contributed by atoms with Crippen LogP contribution in [0.25, 0.3) is 11.5 Å². The Balaban J connectivity index is 1.38. The second-order valence-corrected chi connectivity index (χ2v) is 7.24. The highest BCUT2D eigenvalue weighted by Crippen LogP contribution is 2.28. The quantitative estimate of drug-likeness (QED) is 0.593. The minimum Gasteiger partial charge on any atom is -0.496 e. The van der Waals surface area contributed by atoms with Crippen molar-refractivity contribution >= 4 is 12.2 Å². The molecule has 1 fully saturated rings. The van der Waals surface area contributed by atoms with Gasteiger partial charge < -0.3 is 9.15 Å². The second-order valence-electron chi connectivity index (χ2n) is 6.89. The van der Waals surface area contributed by atoms with Gasteiger partial charge in [0.05, 0.1) is 19.3 Å². The molecule has 146 valence electrons. The van der Waals surface area contributed by atoms with Crippen LogP contribution in [-0.2, 0) is 13.2 Å². The molecule has 0 unspecified atom stereocenters. The summed E-state index contributed by atoms with van der Waals surface area (Å²) in [6.45, 7) is 5.64. The number of hydrogen-bond donors (Lipinski definition) is 0. The van der Waals surface area contributed by atoms with E-state index < -0.39 is 0 Å². The van der Waals surface area contributed by atoms with E-state index >= 15 is 0 Å². The van der Waals surface area contributed by atoms with Crippen LogP contribution in [0.4, 0.5) is 0 Å². The maximum Gasteiger partial charge on any atom is 0.288 e. The maximum atomic E-state index is 5.73. The number of benzene rings is 2. The van der Waals surface area contributed by atoms with Gasteiger partial charge in [-0.3, -0.25) is 9.80 Å². The van der Waals surface area contributed by atoms with Crippen LogP contribution in [0.15, 0.2) is 59.0 Å². The van der Waals surface area contributed by atoms with E-state index in [2.05, 4.69) is 45.2 Å². The predicted molar refractivity (Wildman–Crippen MR) is 111 cm³/mol. The molecule has 0 N–H and O–H groups in total. The van der Waals surface area contributed by atoms with Crippen molar-refractivity contribution in [1.82, 2.24) is 19.6 Å². The van der Waals surface area contributed by atoms with Gasteiger partial charge in [0.15, 0.2) is 0 Å². The molecule has 2 heterocycles. The summed E-state index contributed by atoms with van der Waals surface area (Å²) in [4.78, 5) is 5.22. The number of para-hydroxylation sites is 1. The first kappa shape index (κ1) is 18.9. The van der Waals surface area contributed by atoms with Crippen molar-refractivity contribution < 1.29 is 9.15 Å². The van der Waals surface area contributed by atoms with E-state index in [9.17, 15) is 0 Å². The zero-order chi connectivity index (χ0) is 19.3. The van der Waals surface area contributed by atoms with Gasteiger partial charge in [0, 0.05) is 32.7 Å².